The minimum atomic E-state index is -0.774. The highest BCUT2D eigenvalue weighted by Crippen LogP contribution is 2.16. The van der Waals surface area contributed by atoms with Crippen LogP contribution in [-0.4, -0.2) is 37.2 Å². The van der Waals surface area contributed by atoms with Crippen molar-refractivity contribution in [3.8, 4) is 0 Å². The second-order valence-electron chi connectivity index (χ2n) is 20.6. The van der Waals surface area contributed by atoms with Crippen molar-refractivity contribution in [3.05, 3.63) is 72.9 Å². The summed E-state index contributed by atoms with van der Waals surface area (Å²) < 4.78 is 16.8. The molecule has 0 N–H and O–H groups in total. The van der Waals surface area contributed by atoms with E-state index < -0.39 is 6.10 Å². The zero-order chi connectivity index (χ0) is 52.2. The Morgan fingerprint density at radius 1 is 0.292 bits per heavy atom. The molecular weight excluding hydrogens is 889 g/mol. The quantitative estimate of drug-likeness (QED) is 0.0261. The highest BCUT2D eigenvalue weighted by atomic mass is 16.6. The highest BCUT2D eigenvalue weighted by Gasteiger charge is 2.19. The molecule has 0 aromatic rings. The third-order valence-electron chi connectivity index (χ3n) is 13.4. The van der Waals surface area contributed by atoms with Crippen LogP contribution in [0.1, 0.15) is 310 Å². The molecule has 0 amide bonds. The average Bonchev–Trinajstić information content (AvgIpc) is 3.38. The van der Waals surface area contributed by atoms with Gasteiger partial charge in [-0.3, -0.25) is 14.4 Å². The summed E-state index contributed by atoms with van der Waals surface area (Å²) in [6.07, 6.45) is 77.9. The molecule has 0 radical (unpaired) electrons. The van der Waals surface area contributed by atoms with Gasteiger partial charge in [-0.15, -0.1) is 0 Å². The first-order valence-corrected chi connectivity index (χ1v) is 30.9. The molecule has 0 heterocycles. The van der Waals surface area contributed by atoms with Crippen molar-refractivity contribution in [2.75, 3.05) is 13.2 Å². The van der Waals surface area contributed by atoms with Gasteiger partial charge < -0.3 is 14.2 Å². The van der Waals surface area contributed by atoms with E-state index in [-0.39, 0.29) is 31.1 Å². The maximum Gasteiger partial charge on any atom is 0.306 e. The van der Waals surface area contributed by atoms with E-state index in [9.17, 15) is 14.4 Å². The summed E-state index contributed by atoms with van der Waals surface area (Å²) in [6.45, 7) is 6.49. The van der Waals surface area contributed by atoms with Crippen molar-refractivity contribution in [1.29, 1.82) is 0 Å². The van der Waals surface area contributed by atoms with E-state index in [0.29, 0.717) is 19.3 Å². The van der Waals surface area contributed by atoms with E-state index in [1.807, 2.05) is 0 Å². The third kappa shape index (κ3) is 57.7. The molecule has 72 heavy (non-hydrogen) atoms. The minimum Gasteiger partial charge on any atom is -0.462 e. The van der Waals surface area contributed by atoms with Gasteiger partial charge in [-0.25, -0.2) is 0 Å². The van der Waals surface area contributed by atoms with E-state index in [1.165, 1.54) is 180 Å². The van der Waals surface area contributed by atoms with Gasteiger partial charge in [0.2, 0.25) is 0 Å². The van der Waals surface area contributed by atoms with Crippen molar-refractivity contribution in [2.45, 2.75) is 316 Å². The van der Waals surface area contributed by atoms with E-state index in [4.69, 9.17) is 14.2 Å². The molecule has 416 valence electrons. The SMILES string of the molecule is CC/C=C\C/C=C\C/C=C\C/C=C\C/C=C\CCCCCCCCCCCCCC(=O)OCC(COC(=O)CCCCCCCC)OC(=O)CCCCCCCCCCC/C=C\CCCCCCCCCC. The predicted molar refractivity (Wildman–Crippen MR) is 311 cm³/mol. The number of ether oxygens (including phenoxy) is 3. The second kappa shape index (κ2) is 60.4. The molecule has 6 heteroatoms. The van der Waals surface area contributed by atoms with Crippen LogP contribution in [0.4, 0.5) is 0 Å². The van der Waals surface area contributed by atoms with Crippen LogP contribution in [0.3, 0.4) is 0 Å². The monoisotopic (exact) mass is 1000 g/mol. The Morgan fingerprint density at radius 3 is 0.861 bits per heavy atom. The number of carbonyl (C=O) groups is 3. The molecule has 0 saturated carbocycles. The van der Waals surface area contributed by atoms with E-state index in [2.05, 4.69) is 93.7 Å². The van der Waals surface area contributed by atoms with Crippen LogP contribution in [0.2, 0.25) is 0 Å². The fourth-order valence-electron chi connectivity index (χ4n) is 8.82. The number of unbranched alkanes of at least 4 members (excludes halogenated alkanes) is 33. The number of hydrogen-bond acceptors (Lipinski definition) is 6. The van der Waals surface area contributed by atoms with Crippen LogP contribution < -0.4 is 0 Å². The summed E-state index contributed by atoms with van der Waals surface area (Å²) in [7, 11) is 0. The Hall–Kier alpha value is -3.15. The lowest BCUT2D eigenvalue weighted by molar-refractivity contribution is -0.167. The summed E-state index contributed by atoms with van der Waals surface area (Å²) in [5.41, 5.74) is 0. The molecule has 0 fully saturated rings. The lowest BCUT2D eigenvalue weighted by atomic mass is 10.0. The molecule has 0 aromatic heterocycles. The fourth-order valence-corrected chi connectivity index (χ4v) is 8.82. The molecule has 0 aliphatic carbocycles. The Balaban J connectivity index is 4.10. The van der Waals surface area contributed by atoms with Crippen molar-refractivity contribution in [2.24, 2.45) is 0 Å². The molecule has 0 bridgehead atoms. The van der Waals surface area contributed by atoms with Gasteiger partial charge in [-0.1, -0.05) is 273 Å². The van der Waals surface area contributed by atoms with Gasteiger partial charge in [0.15, 0.2) is 6.10 Å². The largest absolute Gasteiger partial charge is 0.462 e. The second-order valence-corrected chi connectivity index (χ2v) is 20.6. The van der Waals surface area contributed by atoms with Crippen LogP contribution >= 0.6 is 0 Å². The molecule has 0 aliphatic heterocycles. The molecule has 6 nitrogen and oxygen atoms in total. The fraction of sp³-hybridized carbons (Fsp3) is 0.773. The molecule has 1 atom stereocenters. The van der Waals surface area contributed by atoms with Crippen LogP contribution in [0.25, 0.3) is 0 Å². The molecule has 0 spiro atoms. The van der Waals surface area contributed by atoms with Gasteiger partial charge in [0.25, 0.3) is 0 Å². The first-order valence-electron chi connectivity index (χ1n) is 30.9. The van der Waals surface area contributed by atoms with Crippen LogP contribution in [0.15, 0.2) is 72.9 Å². The Kier molecular flexibility index (Phi) is 57.8. The lowest BCUT2D eigenvalue weighted by Crippen LogP contribution is -2.30. The smallest absolute Gasteiger partial charge is 0.306 e. The molecule has 0 aliphatic rings. The van der Waals surface area contributed by atoms with Crippen LogP contribution in [0.5, 0.6) is 0 Å². The Bertz CT molecular complexity index is 1340. The maximum atomic E-state index is 12.8. The van der Waals surface area contributed by atoms with Crippen molar-refractivity contribution in [3.63, 3.8) is 0 Å². The topological polar surface area (TPSA) is 78.9 Å². The van der Waals surface area contributed by atoms with Crippen molar-refractivity contribution >= 4 is 17.9 Å². The highest BCUT2D eigenvalue weighted by molar-refractivity contribution is 5.71. The number of carbonyl (C=O) groups excluding carboxylic acids is 3. The van der Waals surface area contributed by atoms with E-state index >= 15 is 0 Å². The van der Waals surface area contributed by atoms with Crippen molar-refractivity contribution in [1.82, 2.24) is 0 Å². The van der Waals surface area contributed by atoms with Gasteiger partial charge in [-0.2, -0.15) is 0 Å². The Labute approximate surface area is 446 Å². The zero-order valence-corrected chi connectivity index (χ0v) is 47.7. The normalized spacial score (nSPS) is 12.5. The summed E-state index contributed by atoms with van der Waals surface area (Å²) in [5, 5.41) is 0. The van der Waals surface area contributed by atoms with Gasteiger partial charge in [0.05, 0.1) is 0 Å². The zero-order valence-electron chi connectivity index (χ0n) is 47.7. The number of esters is 3. The molecule has 0 aromatic carbocycles. The van der Waals surface area contributed by atoms with E-state index in [0.717, 1.165) is 89.9 Å². The van der Waals surface area contributed by atoms with Crippen molar-refractivity contribution < 1.29 is 28.6 Å². The van der Waals surface area contributed by atoms with Gasteiger partial charge in [0.1, 0.15) is 13.2 Å². The molecule has 1 unspecified atom stereocenters. The summed E-state index contributed by atoms with van der Waals surface area (Å²) in [6, 6.07) is 0. The standard InChI is InChI=1S/C66H116O6/c1-4-7-10-13-16-18-20-22-24-26-28-30-31-32-33-34-35-37-38-40-42-44-46-48-50-53-56-59-65(68)71-62-63(61-70-64(67)58-55-52-15-12-9-6-3)72-66(69)60-57-54-51-49-47-45-43-41-39-36-29-27-25-23-21-19-17-14-11-8-5-2/h7,10,16,18,22,24,27-30,32-33,63H,4-6,8-9,11-15,17,19-21,23,25-26,31,34-62H2,1-3H3/b10-7-,18-16-,24-22-,29-27-,30-28-,33-32-. The van der Waals surface area contributed by atoms with Crippen LogP contribution in [-0.2, 0) is 28.6 Å². The third-order valence-corrected chi connectivity index (χ3v) is 13.4. The van der Waals surface area contributed by atoms with Crippen LogP contribution in [0, 0.1) is 0 Å². The molecular formula is C66H116O6. The predicted octanol–water partition coefficient (Wildman–Crippen LogP) is 20.9. The number of allylic oxidation sites excluding steroid dienone is 12. The van der Waals surface area contributed by atoms with E-state index in [1.54, 1.807) is 0 Å². The summed E-state index contributed by atoms with van der Waals surface area (Å²) >= 11 is 0. The first-order chi connectivity index (χ1) is 35.5. The minimum absolute atomic E-state index is 0.0750. The molecule has 0 saturated heterocycles. The lowest BCUT2D eigenvalue weighted by Gasteiger charge is -2.18. The molecule has 0 rings (SSSR count). The summed E-state index contributed by atoms with van der Waals surface area (Å²) in [5.74, 6) is -0.879. The van der Waals surface area contributed by atoms with Gasteiger partial charge >= 0.3 is 17.9 Å². The first kappa shape index (κ1) is 68.8. The van der Waals surface area contributed by atoms with Gasteiger partial charge in [0, 0.05) is 19.3 Å². The summed E-state index contributed by atoms with van der Waals surface area (Å²) in [4.78, 5) is 38.0. The number of hydrogen-bond donors (Lipinski definition) is 0. The average molecular weight is 1010 g/mol. The number of rotatable bonds is 56. The maximum absolute atomic E-state index is 12.8. The Morgan fingerprint density at radius 2 is 0.542 bits per heavy atom. The van der Waals surface area contributed by atoms with Gasteiger partial charge in [-0.05, 0) is 89.9 Å².